The van der Waals surface area contributed by atoms with Crippen LogP contribution in [0.15, 0.2) is 24.3 Å². The Kier molecular flexibility index (Phi) is 8.57. The Morgan fingerprint density at radius 2 is 1.58 bits per heavy atom. The smallest absolute Gasteiger partial charge is 0.0320 e. The molecule has 0 bridgehead atoms. The maximum Gasteiger partial charge on any atom is 0.0320 e. The fourth-order valence-electron chi connectivity index (χ4n) is 2.74. The fourth-order valence-corrected chi connectivity index (χ4v) is 2.74. The monoisotopic (exact) mass is 261 g/mol. The average Bonchev–Trinajstić information content (AvgIpc) is 2.43. The molecule has 108 valence electrons. The van der Waals surface area contributed by atoms with Gasteiger partial charge in [-0.25, -0.2) is 0 Å². The first kappa shape index (κ1) is 16.2. The van der Waals surface area contributed by atoms with Crippen molar-refractivity contribution in [1.82, 2.24) is 5.32 Å². The molecule has 0 aliphatic carbocycles. The molecule has 0 spiro atoms. The van der Waals surface area contributed by atoms with Crippen LogP contribution in [0.5, 0.6) is 0 Å². The molecule has 0 saturated carbocycles. The molecular weight excluding hydrogens is 230 g/mol. The van der Waals surface area contributed by atoms with E-state index in [0.717, 1.165) is 0 Å². The van der Waals surface area contributed by atoms with Gasteiger partial charge in [-0.05, 0) is 31.5 Å². The second-order valence-electron chi connectivity index (χ2n) is 5.61. The first-order valence-electron chi connectivity index (χ1n) is 8.02. The minimum absolute atomic E-state index is 0.525. The van der Waals surface area contributed by atoms with Crippen molar-refractivity contribution >= 4 is 0 Å². The molecule has 0 heterocycles. The number of benzene rings is 1. The third-order valence-electron chi connectivity index (χ3n) is 4.01. The molecule has 0 aliphatic rings. The van der Waals surface area contributed by atoms with E-state index in [9.17, 15) is 0 Å². The Morgan fingerprint density at radius 3 is 2.21 bits per heavy atom. The maximum atomic E-state index is 3.47. The molecule has 1 heteroatoms. The largest absolute Gasteiger partial charge is 0.313 e. The summed E-state index contributed by atoms with van der Waals surface area (Å²) in [6, 6.07) is 9.27. The van der Waals surface area contributed by atoms with Crippen molar-refractivity contribution in [2.45, 2.75) is 71.3 Å². The first-order chi connectivity index (χ1) is 9.29. The van der Waals surface area contributed by atoms with E-state index in [2.05, 4.69) is 50.5 Å². The predicted octanol–water partition coefficient (Wildman–Crippen LogP) is 5.40. The molecule has 0 fully saturated rings. The van der Waals surface area contributed by atoms with Crippen LogP contribution in [0.3, 0.4) is 0 Å². The first-order valence-corrected chi connectivity index (χ1v) is 8.02. The van der Waals surface area contributed by atoms with Crippen molar-refractivity contribution in [2.24, 2.45) is 0 Å². The zero-order valence-electron chi connectivity index (χ0n) is 13.0. The van der Waals surface area contributed by atoms with Gasteiger partial charge < -0.3 is 5.32 Å². The SMILES string of the molecule is CCCCCCCCCC(NC)c1ccccc1C. The van der Waals surface area contributed by atoms with Crippen LogP contribution in [-0.2, 0) is 0 Å². The van der Waals surface area contributed by atoms with E-state index in [1.807, 2.05) is 0 Å². The van der Waals surface area contributed by atoms with E-state index < -0.39 is 0 Å². The van der Waals surface area contributed by atoms with Crippen LogP contribution in [-0.4, -0.2) is 7.05 Å². The second-order valence-corrected chi connectivity index (χ2v) is 5.61. The molecular formula is C18H31N. The van der Waals surface area contributed by atoms with Crippen molar-refractivity contribution in [2.75, 3.05) is 7.05 Å². The predicted molar refractivity (Wildman–Crippen MR) is 85.6 cm³/mol. The van der Waals surface area contributed by atoms with Gasteiger partial charge in [0.05, 0.1) is 0 Å². The fraction of sp³-hybridized carbons (Fsp3) is 0.667. The van der Waals surface area contributed by atoms with Gasteiger partial charge in [-0.1, -0.05) is 76.1 Å². The molecule has 0 aromatic heterocycles. The van der Waals surface area contributed by atoms with Gasteiger partial charge in [0.15, 0.2) is 0 Å². The van der Waals surface area contributed by atoms with E-state index >= 15 is 0 Å². The molecule has 1 rings (SSSR count). The summed E-state index contributed by atoms with van der Waals surface area (Å²) in [6.45, 7) is 4.49. The van der Waals surface area contributed by atoms with Gasteiger partial charge in [-0.3, -0.25) is 0 Å². The molecule has 0 radical (unpaired) electrons. The lowest BCUT2D eigenvalue weighted by Gasteiger charge is -2.18. The molecule has 1 N–H and O–H groups in total. The standard InChI is InChI=1S/C18H31N/c1-4-5-6-7-8-9-10-15-18(19-3)17-14-12-11-13-16(17)2/h11-14,18-19H,4-10,15H2,1-3H3. The van der Waals surface area contributed by atoms with Crippen LogP contribution < -0.4 is 5.32 Å². The Balaban J connectivity index is 2.24. The third-order valence-corrected chi connectivity index (χ3v) is 4.01. The number of rotatable bonds is 10. The van der Waals surface area contributed by atoms with Crippen molar-refractivity contribution in [3.8, 4) is 0 Å². The number of hydrogen-bond donors (Lipinski definition) is 1. The van der Waals surface area contributed by atoms with Gasteiger partial charge in [0.2, 0.25) is 0 Å². The summed E-state index contributed by atoms with van der Waals surface area (Å²) in [6.07, 6.45) is 11.0. The highest BCUT2D eigenvalue weighted by atomic mass is 14.9. The number of unbranched alkanes of at least 4 members (excludes halogenated alkanes) is 6. The van der Waals surface area contributed by atoms with Crippen molar-refractivity contribution in [3.63, 3.8) is 0 Å². The number of nitrogens with one attached hydrogen (secondary N) is 1. The highest BCUT2D eigenvalue weighted by Crippen LogP contribution is 2.22. The minimum atomic E-state index is 0.525. The minimum Gasteiger partial charge on any atom is -0.313 e. The van der Waals surface area contributed by atoms with E-state index in [-0.39, 0.29) is 0 Å². The molecule has 0 aliphatic heterocycles. The van der Waals surface area contributed by atoms with Gasteiger partial charge in [0, 0.05) is 6.04 Å². The van der Waals surface area contributed by atoms with Crippen molar-refractivity contribution < 1.29 is 0 Å². The Bertz CT molecular complexity index is 332. The van der Waals surface area contributed by atoms with E-state index in [1.165, 1.54) is 62.5 Å². The zero-order chi connectivity index (χ0) is 13.9. The Morgan fingerprint density at radius 1 is 0.947 bits per heavy atom. The van der Waals surface area contributed by atoms with E-state index in [4.69, 9.17) is 0 Å². The maximum absolute atomic E-state index is 3.47. The molecule has 0 amide bonds. The molecule has 1 unspecified atom stereocenters. The van der Waals surface area contributed by atoms with Crippen molar-refractivity contribution in [3.05, 3.63) is 35.4 Å². The van der Waals surface area contributed by atoms with Crippen LogP contribution in [0.1, 0.15) is 75.5 Å². The normalized spacial score (nSPS) is 12.6. The molecule has 1 atom stereocenters. The van der Waals surface area contributed by atoms with Crippen LogP contribution in [0, 0.1) is 6.92 Å². The zero-order valence-corrected chi connectivity index (χ0v) is 13.0. The highest BCUT2D eigenvalue weighted by Gasteiger charge is 2.10. The number of hydrogen-bond acceptors (Lipinski definition) is 1. The third kappa shape index (κ3) is 6.24. The molecule has 1 nitrogen and oxygen atoms in total. The summed E-state index contributed by atoms with van der Waals surface area (Å²) in [5.74, 6) is 0. The van der Waals surface area contributed by atoms with E-state index in [0.29, 0.717) is 6.04 Å². The highest BCUT2D eigenvalue weighted by molar-refractivity contribution is 5.28. The Labute approximate surface area is 119 Å². The quantitative estimate of drug-likeness (QED) is 0.556. The molecule has 1 aromatic carbocycles. The van der Waals surface area contributed by atoms with E-state index in [1.54, 1.807) is 0 Å². The van der Waals surface area contributed by atoms with Gasteiger partial charge in [-0.15, -0.1) is 0 Å². The van der Waals surface area contributed by atoms with Crippen molar-refractivity contribution in [1.29, 1.82) is 0 Å². The lowest BCUT2D eigenvalue weighted by molar-refractivity contribution is 0.494. The van der Waals surface area contributed by atoms with Crippen LogP contribution in [0.2, 0.25) is 0 Å². The van der Waals surface area contributed by atoms with Crippen LogP contribution in [0.4, 0.5) is 0 Å². The summed E-state index contributed by atoms with van der Waals surface area (Å²) < 4.78 is 0. The van der Waals surface area contributed by atoms with Crippen LogP contribution >= 0.6 is 0 Å². The summed E-state index contributed by atoms with van der Waals surface area (Å²) in [4.78, 5) is 0. The molecule has 0 saturated heterocycles. The van der Waals surface area contributed by atoms with Gasteiger partial charge >= 0.3 is 0 Å². The molecule has 1 aromatic rings. The number of aryl methyl sites for hydroxylation is 1. The summed E-state index contributed by atoms with van der Waals surface area (Å²) >= 11 is 0. The lowest BCUT2D eigenvalue weighted by atomic mass is 9.96. The summed E-state index contributed by atoms with van der Waals surface area (Å²) in [5.41, 5.74) is 2.88. The molecule has 19 heavy (non-hydrogen) atoms. The van der Waals surface area contributed by atoms with Gasteiger partial charge in [0.1, 0.15) is 0 Å². The summed E-state index contributed by atoms with van der Waals surface area (Å²) in [7, 11) is 2.08. The Hall–Kier alpha value is -0.820. The van der Waals surface area contributed by atoms with Crippen LogP contribution in [0.25, 0.3) is 0 Å². The second kappa shape index (κ2) is 10.0. The average molecular weight is 261 g/mol. The lowest BCUT2D eigenvalue weighted by Crippen LogP contribution is -2.17. The van der Waals surface area contributed by atoms with Gasteiger partial charge in [0.25, 0.3) is 0 Å². The summed E-state index contributed by atoms with van der Waals surface area (Å²) in [5, 5.41) is 3.47. The van der Waals surface area contributed by atoms with Gasteiger partial charge in [-0.2, -0.15) is 0 Å². The topological polar surface area (TPSA) is 12.0 Å².